The van der Waals surface area contributed by atoms with Crippen LogP contribution in [-0.4, -0.2) is 24.6 Å². The first kappa shape index (κ1) is 13.9. The van der Waals surface area contributed by atoms with Gasteiger partial charge in [0.15, 0.2) is 0 Å². The van der Waals surface area contributed by atoms with Crippen molar-refractivity contribution in [3.05, 3.63) is 12.2 Å². The third kappa shape index (κ3) is 3.41. The van der Waals surface area contributed by atoms with Crippen molar-refractivity contribution in [3.8, 4) is 0 Å². The molecule has 0 aliphatic heterocycles. The van der Waals surface area contributed by atoms with Gasteiger partial charge in [-0.25, -0.2) is 0 Å². The third-order valence-corrected chi connectivity index (χ3v) is 2.57. The molecule has 0 radical (unpaired) electrons. The van der Waals surface area contributed by atoms with Gasteiger partial charge < -0.3 is 5.32 Å². The molecule has 0 spiro atoms. The van der Waals surface area contributed by atoms with Crippen molar-refractivity contribution in [1.29, 1.82) is 0 Å². The van der Waals surface area contributed by atoms with Gasteiger partial charge in [-0.15, -0.1) is 0 Å². The van der Waals surface area contributed by atoms with Crippen molar-refractivity contribution >= 4 is 5.91 Å². The van der Waals surface area contributed by atoms with Gasteiger partial charge in [-0.05, 0) is 25.2 Å². The number of rotatable bonds is 3. The highest BCUT2D eigenvalue weighted by molar-refractivity contribution is 5.84. The van der Waals surface area contributed by atoms with E-state index in [1.807, 2.05) is 12.2 Å². The predicted octanol–water partition coefficient (Wildman–Crippen LogP) is 2.66. The number of hydrogen-bond acceptors (Lipinski definition) is 1. The van der Waals surface area contributed by atoms with Crippen molar-refractivity contribution in [1.82, 2.24) is 5.32 Å². The molecule has 0 aromatic rings. The molecule has 0 fully saturated rings. The molecular weight excluding hydrogens is 245 g/mol. The Kier molecular flexibility index (Phi) is 4.11. The molecule has 1 N–H and O–H groups in total. The lowest BCUT2D eigenvalue weighted by Crippen LogP contribution is -2.51. The van der Waals surface area contributed by atoms with Crippen molar-refractivity contribution in [2.75, 3.05) is 6.54 Å². The summed E-state index contributed by atoms with van der Waals surface area (Å²) in [6.45, 7) is -0.158. The summed E-state index contributed by atoms with van der Waals surface area (Å²) in [6.07, 6.45) is -0.114. The molecule has 0 saturated heterocycles. The van der Waals surface area contributed by atoms with Crippen LogP contribution in [0.2, 0.25) is 0 Å². The van der Waals surface area contributed by atoms with Crippen molar-refractivity contribution in [2.45, 2.75) is 31.4 Å². The normalized spacial score (nSPS) is 21.4. The molecule has 1 aliphatic carbocycles. The van der Waals surface area contributed by atoms with Gasteiger partial charge in [0.05, 0.1) is 0 Å². The van der Waals surface area contributed by atoms with Gasteiger partial charge in [-0.2, -0.15) is 22.0 Å². The summed E-state index contributed by atoms with van der Waals surface area (Å²) in [5, 5.41) is 1.66. The first-order valence-corrected chi connectivity index (χ1v) is 5.13. The van der Waals surface area contributed by atoms with E-state index in [0.29, 0.717) is 12.8 Å². The summed E-state index contributed by atoms with van der Waals surface area (Å²) in [6, 6.07) is 0. The van der Waals surface area contributed by atoms with Gasteiger partial charge >= 0.3 is 12.1 Å². The summed E-state index contributed by atoms with van der Waals surface area (Å²) < 4.78 is 60.5. The van der Waals surface area contributed by atoms with Crippen molar-refractivity contribution in [3.63, 3.8) is 0 Å². The number of amides is 1. The third-order valence-electron chi connectivity index (χ3n) is 2.57. The molecule has 1 unspecified atom stereocenters. The maximum absolute atomic E-state index is 12.5. The fourth-order valence-corrected chi connectivity index (χ4v) is 1.52. The maximum Gasteiger partial charge on any atom is 0.463 e. The van der Waals surface area contributed by atoms with E-state index in [-0.39, 0.29) is 12.5 Å². The van der Waals surface area contributed by atoms with Gasteiger partial charge in [0.2, 0.25) is 0 Å². The molecule has 1 rings (SSSR count). The smallest absolute Gasteiger partial charge is 0.350 e. The molecule has 98 valence electrons. The van der Waals surface area contributed by atoms with Gasteiger partial charge in [-0.3, -0.25) is 4.79 Å². The molecule has 0 aromatic carbocycles. The highest BCUT2D eigenvalue weighted by Crippen LogP contribution is 2.35. The zero-order chi connectivity index (χ0) is 13.1. The van der Waals surface area contributed by atoms with E-state index in [9.17, 15) is 26.7 Å². The van der Waals surface area contributed by atoms with Crippen LogP contribution in [0.25, 0.3) is 0 Å². The van der Waals surface area contributed by atoms with Crippen LogP contribution in [0.15, 0.2) is 12.2 Å². The first-order chi connectivity index (χ1) is 7.75. The lowest BCUT2D eigenvalue weighted by atomic mass is 9.94. The molecule has 1 aliphatic rings. The van der Waals surface area contributed by atoms with Crippen molar-refractivity contribution in [2.24, 2.45) is 5.92 Å². The van der Waals surface area contributed by atoms with E-state index in [2.05, 4.69) is 0 Å². The molecule has 7 heteroatoms. The number of allylic oxidation sites excluding steroid dienone is 2. The molecule has 0 saturated carbocycles. The predicted molar refractivity (Wildman–Crippen MR) is 50.5 cm³/mol. The van der Waals surface area contributed by atoms with Crippen LogP contribution in [0, 0.1) is 5.92 Å². The number of alkyl halides is 5. The number of nitrogens with one attached hydrogen (secondary N) is 1. The number of hydrogen-bond donors (Lipinski definition) is 1. The Morgan fingerprint density at radius 3 is 2.35 bits per heavy atom. The van der Waals surface area contributed by atoms with E-state index in [1.165, 1.54) is 0 Å². The Hall–Kier alpha value is -1.14. The van der Waals surface area contributed by atoms with Crippen LogP contribution >= 0.6 is 0 Å². The zero-order valence-electron chi connectivity index (χ0n) is 8.86. The maximum atomic E-state index is 12.5. The van der Waals surface area contributed by atoms with Crippen LogP contribution in [0.4, 0.5) is 22.0 Å². The van der Waals surface area contributed by atoms with Crippen LogP contribution in [-0.2, 0) is 4.79 Å². The van der Waals surface area contributed by atoms with Gasteiger partial charge in [0.25, 0.3) is 5.91 Å². The van der Waals surface area contributed by atoms with Crippen molar-refractivity contribution < 1.29 is 26.7 Å². The lowest BCUT2D eigenvalue weighted by molar-refractivity contribution is -0.269. The molecule has 0 heterocycles. The summed E-state index contributed by atoms with van der Waals surface area (Å²) >= 11 is 0. The topological polar surface area (TPSA) is 29.1 Å². The largest absolute Gasteiger partial charge is 0.463 e. The van der Waals surface area contributed by atoms with E-state index >= 15 is 0 Å². The van der Waals surface area contributed by atoms with Gasteiger partial charge in [-0.1, -0.05) is 12.2 Å². The molecule has 17 heavy (non-hydrogen) atoms. The number of halogens is 5. The molecule has 0 aromatic heterocycles. The summed E-state index contributed by atoms with van der Waals surface area (Å²) in [5.74, 6) is -7.68. The van der Waals surface area contributed by atoms with Gasteiger partial charge in [0, 0.05) is 6.54 Å². The second-order valence-corrected chi connectivity index (χ2v) is 3.93. The second kappa shape index (κ2) is 5.01. The minimum absolute atomic E-state index is 0.0759. The van der Waals surface area contributed by atoms with E-state index in [1.54, 1.807) is 5.32 Å². The minimum atomic E-state index is -5.84. The minimum Gasteiger partial charge on any atom is -0.350 e. The molecule has 0 bridgehead atoms. The lowest BCUT2D eigenvalue weighted by Gasteiger charge is -2.22. The Balaban J connectivity index is 2.46. The molecular formula is C10H12F5NO. The fraction of sp³-hybridized carbons (Fsp3) is 0.700. The Morgan fingerprint density at radius 2 is 1.88 bits per heavy atom. The summed E-state index contributed by atoms with van der Waals surface area (Å²) in [5.41, 5.74) is 0. The van der Waals surface area contributed by atoms with E-state index < -0.39 is 18.0 Å². The SMILES string of the molecule is O=C(NCC1CC=CCC1)C(F)(F)C(F)(F)F. The fourth-order valence-electron chi connectivity index (χ4n) is 1.52. The van der Waals surface area contributed by atoms with Crippen LogP contribution < -0.4 is 5.32 Å². The van der Waals surface area contributed by atoms with E-state index in [0.717, 1.165) is 6.42 Å². The molecule has 2 nitrogen and oxygen atoms in total. The van der Waals surface area contributed by atoms with Crippen LogP contribution in [0.3, 0.4) is 0 Å². The van der Waals surface area contributed by atoms with Crippen LogP contribution in [0.1, 0.15) is 19.3 Å². The Labute approximate surface area is 94.9 Å². The average Bonchev–Trinajstić information content (AvgIpc) is 2.25. The summed E-state index contributed by atoms with van der Waals surface area (Å²) in [4.78, 5) is 10.8. The van der Waals surface area contributed by atoms with Gasteiger partial charge in [0.1, 0.15) is 0 Å². The second-order valence-electron chi connectivity index (χ2n) is 3.93. The number of carbonyl (C=O) groups excluding carboxylic acids is 1. The highest BCUT2D eigenvalue weighted by atomic mass is 19.4. The summed E-state index contributed by atoms with van der Waals surface area (Å²) in [7, 11) is 0. The average molecular weight is 257 g/mol. The molecule has 1 atom stereocenters. The Morgan fingerprint density at radius 1 is 1.24 bits per heavy atom. The quantitative estimate of drug-likeness (QED) is 0.611. The number of carbonyl (C=O) groups is 1. The van der Waals surface area contributed by atoms with E-state index in [4.69, 9.17) is 0 Å². The monoisotopic (exact) mass is 257 g/mol. The Bertz CT molecular complexity index is 310. The molecule has 1 amide bonds. The zero-order valence-corrected chi connectivity index (χ0v) is 8.86. The highest BCUT2D eigenvalue weighted by Gasteiger charge is 2.63. The first-order valence-electron chi connectivity index (χ1n) is 5.13. The van der Waals surface area contributed by atoms with Crippen LogP contribution in [0.5, 0.6) is 0 Å². The standard InChI is InChI=1S/C10H12F5NO/c11-9(12,10(13,14)15)8(17)16-6-7-4-2-1-3-5-7/h1-2,7H,3-6H2,(H,16,17).